The lowest BCUT2D eigenvalue weighted by molar-refractivity contribution is -0.131. The number of carbonyl (C=O) groups excluding carboxylic acids is 1. The van der Waals surface area contributed by atoms with Crippen LogP contribution in [0.3, 0.4) is 0 Å². The van der Waals surface area contributed by atoms with Crippen molar-refractivity contribution in [2.75, 3.05) is 13.6 Å². The maximum atomic E-state index is 11.5. The highest BCUT2D eigenvalue weighted by Gasteiger charge is 2.57. The molecule has 3 rings (SSSR count). The molecule has 1 aliphatic carbocycles. The summed E-state index contributed by atoms with van der Waals surface area (Å²) >= 11 is 0. The van der Waals surface area contributed by atoms with Gasteiger partial charge in [-0.25, -0.2) is 0 Å². The Kier molecular flexibility index (Phi) is 1.37. The van der Waals surface area contributed by atoms with Gasteiger partial charge in [0.05, 0.1) is 5.54 Å². The van der Waals surface area contributed by atoms with Crippen LogP contribution in [0.5, 0.6) is 0 Å². The van der Waals surface area contributed by atoms with Crippen LogP contribution in [0.15, 0.2) is 0 Å². The fourth-order valence-corrected chi connectivity index (χ4v) is 2.67. The molecule has 1 saturated carbocycles. The van der Waals surface area contributed by atoms with Crippen LogP contribution in [0.2, 0.25) is 0 Å². The zero-order chi connectivity index (χ0) is 8.06. The molecule has 0 radical (unpaired) electrons. The molecule has 0 N–H and O–H groups in total. The first-order valence-corrected chi connectivity index (χ1v) is 4.43. The van der Waals surface area contributed by atoms with Gasteiger partial charge >= 0.3 is 0 Å². The summed E-state index contributed by atoms with van der Waals surface area (Å²) < 4.78 is 0. The summed E-state index contributed by atoms with van der Waals surface area (Å²) in [5.41, 5.74) is -0.000579. The molecule has 0 spiro atoms. The first kappa shape index (κ1) is 7.29. The van der Waals surface area contributed by atoms with E-state index in [1.807, 2.05) is 6.92 Å². The summed E-state index contributed by atoms with van der Waals surface area (Å²) in [7, 11) is 2.08. The van der Waals surface area contributed by atoms with Crippen LogP contribution in [0.25, 0.3) is 0 Å². The molecule has 3 fully saturated rings. The fraction of sp³-hybridized carbons (Fsp3) is 0.889. The molecule has 2 heterocycles. The summed E-state index contributed by atoms with van der Waals surface area (Å²) in [6.07, 6.45) is 2.98. The van der Waals surface area contributed by atoms with Gasteiger partial charge < -0.3 is 0 Å². The molecule has 0 aromatic heterocycles. The lowest BCUT2D eigenvalue weighted by Gasteiger charge is -2.39. The molecule has 11 heavy (non-hydrogen) atoms. The van der Waals surface area contributed by atoms with Crippen molar-refractivity contribution in [3.05, 3.63) is 0 Å². The van der Waals surface area contributed by atoms with E-state index in [4.69, 9.17) is 0 Å². The van der Waals surface area contributed by atoms with Crippen molar-refractivity contribution < 1.29 is 4.79 Å². The van der Waals surface area contributed by atoms with E-state index >= 15 is 0 Å². The van der Waals surface area contributed by atoms with Crippen LogP contribution < -0.4 is 0 Å². The van der Waals surface area contributed by atoms with Crippen LogP contribution in [0, 0.1) is 5.92 Å². The Bertz CT molecular complexity index is 194. The number of likely N-dealkylation sites (N-methyl/N-ethyl adjacent to an activating group) is 1. The van der Waals surface area contributed by atoms with Crippen LogP contribution in [0.4, 0.5) is 0 Å². The van der Waals surface area contributed by atoms with E-state index in [1.165, 1.54) is 0 Å². The largest absolute Gasteiger partial charge is 0.298 e. The molecule has 2 aliphatic heterocycles. The lowest BCUT2D eigenvalue weighted by atomic mass is 9.70. The quantitative estimate of drug-likeness (QED) is 0.591. The van der Waals surface area contributed by atoms with Crippen LogP contribution >= 0.6 is 0 Å². The van der Waals surface area contributed by atoms with Crippen molar-refractivity contribution in [1.29, 1.82) is 0 Å². The maximum Gasteiger partial charge on any atom is 0.152 e. The third-order valence-electron chi connectivity index (χ3n) is 3.36. The molecule has 0 unspecified atom stereocenters. The molecule has 3 aliphatic rings. The minimum absolute atomic E-state index is 0.000579. The number of hydrogen-bond acceptors (Lipinski definition) is 2. The molecule has 2 saturated heterocycles. The topological polar surface area (TPSA) is 20.3 Å². The Hall–Kier alpha value is -0.370. The molecule has 2 heteroatoms. The fourth-order valence-electron chi connectivity index (χ4n) is 2.67. The van der Waals surface area contributed by atoms with Gasteiger partial charge in [0.25, 0.3) is 0 Å². The van der Waals surface area contributed by atoms with Gasteiger partial charge in [-0.15, -0.1) is 0 Å². The van der Waals surface area contributed by atoms with E-state index in [-0.39, 0.29) is 5.54 Å². The number of rotatable bonds is 2. The molecule has 2 bridgehead atoms. The van der Waals surface area contributed by atoms with E-state index in [1.54, 1.807) is 0 Å². The van der Waals surface area contributed by atoms with E-state index in [0.717, 1.165) is 25.3 Å². The minimum atomic E-state index is -0.000579. The summed E-state index contributed by atoms with van der Waals surface area (Å²) in [5, 5.41) is 0. The average Bonchev–Trinajstić information content (AvgIpc) is 2.38. The predicted molar refractivity (Wildman–Crippen MR) is 43.4 cm³/mol. The third-order valence-corrected chi connectivity index (χ3v) is 3.36. The summed E-state index contributed by atoms with van der Waals surface area (Å²) in [6.45, 7) is 3.11. The number of Topliss-reactive ketones (excluding diaryl/α,β-unsaturated/α-hetero) is 1. The van der Waals surface area contributed by atoms with Gasteiger partial charge in [-0.05, 0) is 25.8 Å². The summed E-state index contributed by atoms with van der Waals surface area (Å²) in [4.78, 5) is 13.8. The number of nitrogens with zero attached hydrogens (tertiary/aromatic N) is 1. The molecular weight excluding hydrogens is 138 g/mol. The zero-order valence-corrected chi connectivity index (χ0v) is 7.26. The standard InChI is InChI=1S/C9H15NO/c1-3-8(11)9-4-7(5-9)6-10(9)2/h7H,3-6H2,1-2H3. The maximum absolute atomic E-state index is 11.5. The van der Waals surface area contributed by atoms with Crippen LogP contribution in [-0.2, 0) is 4.79 Å². The second kappa shape index (κ2) is 2.07. The summed E-state index contributed by atoms with van der Waals surface area (Å²) in [5.74, 6) is 1.28. The molecule has 0 amide bonds. The van der Waals surface area contributed by atoms with E-state index in [2.05, 4.69) is 11.9 Å². The third kappa shape index (κ3) is 0.734. The van der Waals surface area contributed by atoms with Gasteiger partial charge in [0.15, 0.2) is 5.78 Å². The smallest absolute Gasteiger partial charge is 0.152 e. The first-order valence-electron chi connectivity index (χ1n) is 4.43. The molecule has 0 atom stereocenters. The van der Waals surface area contributed by atoms with Gasteiger partial charge in [-0.1, -0.05) is 6.92 Å². The molecule has 62 valence electrons. The van der Waals surface area contributed by atoms with E-state index in [0.29, 0.717) is 12.2 Å². The minimum Gasteiger partial charge on any atom is -0.298 e. The molecule has 0 aromatic carbocycles. The SMILES string of the molecule is CCC(=O)C12CC(CN1C)C2. The Morgan fingerprint density at radius 2 is 2.27 bits per heavy atom. The zero-order valence-electron chi connectivity index (χ0n) is 7.26. The second-order valence-corrected chi connectivity index (χ2v) is 3.96. The highest BCUT2D eigenvalue weighted by atomic mass is 16.1. The number of ketones is 1. The van der Waals surface area contributed by atoms with Crippen LogP contribution in [-0.4, -0.2) is 29.8 Å². The number of fused-ring (bicyclic) bond motifs is 1. The van der Waals surface area contributed by atoms with Gasteiger partial charge in [0, 0.05) is 13.0 Å². The van der Waals surface area contributed by atoms with Crippen molar-refractivity contribution in [3.63, 3.8) is 0 Å². The molecular formula is C9H15NO. The normalized spacial score (nSPS) is 42.2. The Morgan fingerprint density at radius 1 is 1.64 bits per heavy atom. The second-order valence-electron chi connectivity index (χ2n) is 3.96. The van der Waals surface area contributed by atoms with Crippen molar-refractivity contribution in [3.8, 4) is 0 Å². The van der Waals surface area contributed by atoms with Crippen molar-refractivity contribution in [1.82, 2.24) is 4.90 Å². The molecule has 2 nitrogen and oxygen atoms in total. The van der Waals surface area contributed by atoms with Gasteiger partial charge in [0.2, 0.25) is 0 Å². The van der Waals surface area contributed by atoms with Gasteiger partial charge in [-0.2, -0.15) is 0 Å². The number of carbonyl (C=O) groups is 1. The highest BCUT2D eigenvalue weighted by Crippen LogP contribution is 2.50. The predicted octanol–water partition coefficient (Wildman–Crippen LogP) is 1.06. The highest BCUT2D eigenvalue weighted by molar-refractivity contribution is 5.90. The first-order chi connectivity index (χ1) is 5.19. The lowest BCUT2D eigenvalue weighted by Crippen LogP contribution is -2.50. The van der Waals surface area contributed by atoms with Gasteiger partial charge in [0.1, 0.15) is 0 Å². The van der Waals surface area contributed by atoms with Crippen molar-refractivity contribution >= 4 is 5.78 Å². The Morgan fingerprint density at radius 3 is 2.64 bits per heavy atom. The van der Waals surface area contributed by atoms with Crippen molar-refractivity contribution in [2.45, 2.75) is 31.7 Å². The Labute approximate surface area is 67.6 Å². The average molecular weight is 153 g/mol. The Balaban J connectivity index is 2.18. The van der Waals surface area contributed by atoms with Gasteiger partial charge in [-0.3, -0.25) is 9.69 Å². The van der Waals surface area contributed by atoms with E-state index in [9.17, 15) is 4.79 Å². The summed E-state index contributed by atoms with van der Waals surface area (Å²) in [6, 6.07) is 0. The number of hydrogen-bond donors (Lipinski definition) is 0. The van der Waals surface area contributed by atoms with Crippen molar-refractivity contribution in [2.24, 2.45) is 5.92 Å². The monoisotopic (exact) mass is 153 g/mol. The van der Waals surface area contributed by atoms with E-state index < -0.39 is 0 Å². The van der Waals surface area contributed by atoms with Crippen LogP contribution in [0.1, 0.15) is 26.2 Å². The molecule has 0 aromatic rings.